The summed E-state index contributed by atoms with van der Waals surface area (Å²) in [6, 6.07) is 0.315. The van der Waals surface area contributed by atoms with Crippen LogP contribution in [-0.2, 0) is 7.05 Å². The van der Waals surface area contributed by atoms with Crippen molar-refractivity contribution in [2.75, 3.05) is 5.73 Å². The molecule has 0 aromatic carbocycles. The first-order valence-electron chi connectivity index (χ1n) is 5.26. The van der Waals surface area contributed by atoms with Gasteiger partial charge in [-0.3, -0.25) is 4.79 Å². The molecule has 0 aliphatic heterocycles. The number of nitrogens with two attached hydrogens (primary N) is 1. The van der Waals surface area contributed by atoms with E-state index in [1.165, 1.54) is 12.8 Å². The van der Waals surface area contributed by atoms with Crippen LogP contribution in [-0.4, -0.2) is 21.5 Å². The maximum absolute atomic E-state index is 11.8. The number of carbonyl (C=O) groups is 1. The molecule has 0 bridgehead atoms. The number of imidazole rings is 1. The quantitative estimate of drug-likeness (QED) is 0.750. The molecule has 3 N–H and O–H groups in total. The first kappa shape index (κ1) is 10.0. The molecule has 1 fully saturated rings. The molecule has 0 radical (unpaired) electrons. The van der Waals surface area contributed by atoms with Gasteiger partial charge in [-0.2, -0.15) is 0 Å². The van der Waals surface area contributed by atoms with E-state index in [2.05, 4.69) is 10.3 Å². The normalized spacial score (nSPS) is 16.9. The fourth-order valence-electron chi connectivity index (χ4n) is 2.02. The molecular formula is C10H16N4O. The predicted octanol–water partition coefficient (Wildman–Crippen LogP) is 0.675. The molecule has 1 aliphatic carbocycles. The van der Waals surface area contributed by atoms with Crippen molar-refractivity contribution in [1.29, 1.82) is 0 Å². The summed E-state index contributed by atoms with van der Waals surface area (Å²) in [7, 11) is 1.77. The van der Waals surface area contributed by atoms with Crippen molar-refractivity contribution < 1.29 is 4.79 Å². The summed E-state index contributed by atoms with van der Waals surface area (Å²) in [5.74, 6) is 0.648. The maximum atomic E-state index is 11.8. The summed E-state index contributed by atoms with van der Waals surface area (Å²) in [5.41, 5.74) is 5.51. The predicted molar refractivity (Wildman–Crippen MR) is 57.3 cm³/mol. The van der Waals surface area contributed by atoms with E-state index < -0.39 is 0 Å². The van der Waals surface area contributed by atoms with Crippen molar-refractivity contribution >= 4 is 11.7 Å². The number of hydrogen-bond donors (Lipinski definition) is 2. The van der Waals surface area contributed by atoms with Gasteiger partial charge in [0, 0.05) is 19.3 Å². The smallest absolute Gasteiger partial charge is 0.287 e. The summed E-state index contributed by atoms with van der Waals surface area (Å²) in [5, 5.41) is 2.97. The largest absolute Gasteiger partial charge is 0.382 e. The second kappa shape index (κ2) is 3.92. The zero-order chi connectivity index (χ0) is 10.8. The Morgan fingerprint density at radius 3 is 2.80 bits per heavy atom. The second-order valence-electron chi connectivity index (χ2n) is 4.06. The van der Waals surface area contributed by atoms with Crippen molar-refractivity contribution in [3.63, 3.8) is 0 Å². The van der Waals surface area contributed by atoms with Gasteiger partial charge in [-0.25, -0.2) is 4.98 Å². The monoisotopic (exact) mass is 208 g/mol. The van der Waals surface area contributed by atoms with Gasteiger partial charge in [-0.1, -0.05) is 12.8 Å². The van der Waals surface area contributed by atoms with Crippen LogP contribution in [0.2, 0.25) is 0 Å². The van der Waals surface area contributed by atoms with Crippen LogP contribution in [0.4, 0.5) is 5.82 Å². The lowest BCUT2D eigenvalue weighted by atomic mass is 10.2. The third kappa shape index (κ3) is 2.11. The topological polar surface area (TPSA) is 72.9 Å². The number of carbonyl (C=O) groups excluding carboxylic acids is 1. The SMILES string of the molecule is Cn1cc(N)nc1C(=O)NC1CCCC1. The number of rotatable bonds is 2. The summed E-state index contributed by atoms with van der Waals surface area (Å²) in [6.07, 6.45) is 6.20. The van der Waals surface area contributed by atoms with Gasteiger partial charge in [-0.05, 0) is 12.8 Å². The van der Waals surface area contributed by atoms with Gasteiger partial charge in [0.25, 0.3) is 5.91 Å². The first-order valence-corrected chi connectivity index (χ1v) is 5.26. The van der Waals surface area contributed by atoms with Gasteiger partial charge in [0.2, 0.25) is 5.82 Å². The van der Waals surface area contributed by atoms with E-state index in [-0.39, 0.29) is 5.91 Å². The molecule has 1 aromatic rings. The fraction of sp³-hybridized carbons (Fsp3) is 0.600. The Bertz CT molecular complexity index is 365. The molecule has 0 spiro atoms. The van der Waals surface area contributed by atoms with Crippen molar-refractivity contribution in [1.82, 2.24) is 14.9 Å². The van der Waals surface area contributed by atoms with Gasteiger partial charge < -0.3 is 15.6 Å². The van der Waals surface area contributed by atoms with E-state index in [9.17, 15) is 4.79 Å². The summed E-state index contributed by atoms with van der Waals surface area (Å²) in [4.78, 5) is 15.8. The van der Waals surface area contributed by atoms with Gasteiger partial charge in [0.15, 0.2) is 0 Å². The van der Waals surface area contributed by atoms with Gasteiger partial charge in [-0.15, -0.1) is 0 Å². The third-order valence-corrected chi connectivity index (χ3v) is 2.79. The van der Waals surface area contributed by atoms with Crippen LogP contribution in [0.3, 0.4) is 0 Å². The lowest BCUT2D eigenvalue weighted by Gasteiger charge is -2.10. The summed E-state index contributed by atoms with van der Waals surface area (Å²) >= 11 is 0. The number of nitrogens with one attached hydrogen (secondary N) is 1. The van der Waals surface area contributed by atoms with Crippen molar-refractivity contribution in [3.05, 3.63) is 12.0 Å². The third-order valence-electron chi connectivity index (χ3n) is 2.79. The van der Waals surface area contributed by atoms with Crippen LogP contribution in [0, 0.1) is 0 Å². The minimum absolute atomic E-state index is 0.124. The molecule has 1 saturated carbocycles. The van der Waals surface area contributed by atoms with E-state index in [1.54, 1.807) is 17.8 Å². The van der Waals surface area contributed by atoms with Gasteiger partial charge >= 0.3 is 0 Å². The van der Waals surface area contributed by atoms with Gasteiger partial charge in [0.1, 0.15) is 5.82 Å². The van der Waals surface area contributed by atoms with Crippen LogP contribution >= 0.6 is 0 Å². The standard InChI is InChI=1S/C10H16N4O/c1-14-6-8(11)13-9(14)10(15)12-7-4-2-3-5-7/h6-7H,2-5,11H2,1H3,(H,12,15). The molecule has 1 amide bonds. The molecule has 0 unspecified atom stereocenters. The van der Waals surface area contributed by atoms with Crippen LogP contribution in [0.1, 0.15) is 36.3 Å². The Hall–Kier alpha value is -1.52. The number of aryl methyl sites for hydroxylation is 1. The van der Waals surface area contributed by atoms with E-state index in [4.69, 9.17) is 5.73 Å². The fourth-order valence-corrected chi connectivity index (χ4v) is 2.02. The second-order valence-corrected chi connectivity index (χ2v) is 4.06. The summed E-state index contributed by atoms with van der Waals surface area (Å²) in [6.45, 7) is 0. The van der Waals surface area contributed by atoms with E-state index in [0.29, 0.717) is 17.7 Å². The average molecular weight is 208 g/mol. The number of hydrogen-bond acceptors (Lipinski definition) is 3. The van der Waals surface area contributed by atoms with Gasteiger partial charge in [0.05, 0.1) is 0 Å². The molecule has 5 heteroatoms. The minimum Gasteiger partial charge on any atom is -0.382 e. The first-order chi connectivity index (χ1) is 7.16. The number of aromatic nitrogens is 2. The van der Waals surface area contributed by atoms with E-state index in [0.717, 1.165) is 12.8 Å². The Balaban J connectivity index is 2.03. The highest BCUT2D eigenvalue weighted by Gasteiger charge is 2.20. The van der Waals surface area contributed by atoms with Crippen LogP contribution in [0.15, 0.2) is 6.20 Å². The van der Waals surface area contributed by atoms with Crippen LogP contribution in [0.5, 0.6) is 0 Å². The minimum atomic E-state index is -0.124. The Kier molecular flexibility index (Phi) is 2.62. The molecule has 0 saturated heterocycles. The number of nitrogen functional groups attached to an aromatic ring is 1. The van der Waals surface area contributed by atoms with Crippen molar-refractivity contribution in [2.24, 2.45) is 7.05 Å². The zero-order valence-electron chi connectivity index (χ0n) is 8.86. The molecular weight excluding hydrogens is 192 g/mol. The number of amides is 1. The molecule has 0 atom stereocenters. The molecule has 2 rings (SSSR count). The molecule has 82 valence electrons. The molecule has 1 aliphatic rings. The Labute approximate surface area is 88.7 Å². The highest BCUT2D eigenvalue weighted by molar-refractivity contribution is 5.91. The maximum Gasteiger partial charge on any atom is 0.287 e. The van der Waals surface area contributed by atoms with E-state index >= 15 is 0 Å². The zero-order valence-corrected chi connectivity index (χ0v) is 8.86. The molecule has 1 aromatic heterocycles. The highest BCUT2D eigenvalue weighted by Crippen LogP contribution is 2.18. The van der Waals surface area contributed by atoms with Crippen molar-refractivity contribution in [2.45, 2.75) is 31.7 Å². The van der Waals surface area contributed by atoms with Crippen molar-refractivity contribution in [3.8, 4) is 0 Å². The molecule has 1 heterocycles. The molecule has 15 heavy (non-hydrogen) atoms. The Morgan fingerprint density at radius 2 is 2.27 bits per heavy atom. The Morgan fingerprint density at radius 1 is 1.60 bits per heavy atom. The molecule has 5 nitrogen and oxygen atoms in total. The number of anilines is 1. The van der Waals surface area contributed by atoms with E-state index in [1.807, 2.05) is 0 Å². The highest BCUT2D eigenvalue weighted by atomic mass is 16.2. The number of nitrogens with zero attached hydrogens (tertiary/aromatic N) is 2. The lowest BCUT2D eigenvalue weighted by Crippen LogP contribution is -2.34. The van der Waals surface area contributed by atoms with Crippen LogP contribution < -0.4 is 11.1 Å². The average Bonchev–Trinajstić information content (AvgIpc) is 2.75. The lowest BCUT2D eigenvalue weighted by molar-refractivity contribution is 0.0924. The summed E-state index contributed by atoms with van der Waals surface area (Å²) < 4.78 is 1.65. The van der Waals surface area contributed by atoms with Crippen LogP contribution in [0.25, 0.3) is 0 Å².